The molecule has 1 aliphatic heterocycles. The van der Waals surface area contributed by atoms with Crippen molar-refractivity contribution in [1.82, 2.24) is 9.88 Å². The summed E-state index contributed by atoms with van der Waals surface area (Å²) in [4.78, 5) is 18.6. The van der Waals surface area contributed by atoms with Crippen LogP contribution >= 0.6 is 11.3 Å². The Bertz CT molecular complexity index is 460. The van der Waals surface area contributed by atoms with Crippen LogP contribution in [0.2, 0.25) is 0 Å². The van der Waals surface area contributed by atoms with Gasteiger partial charge in [0.05, 0.1) is 22.7 Å². The van der Waals surface area contributed by atoms with Crippen LogP contribution in [0.5, 0.6) is 0 Å². The van der Waals surface area contributed by atoms with Crippen LogP contribution in [0, 0.1) is 19.8 Å². The number of carboxylic acids is 1. The summed E-state index contributed by atoms with van der Waals surface area (Å²) in [5.41, 5.74) is 0.982. The van der Waals surface area contributed by atoms with Crippen LogP contribution < -0.4 is 0 Å². The second-order valence-electron chi connectivity index (χ2n) is 4.89. The fourth-order valence-corrected chi connectivity index (χ4v) is 3.64. The van der Waals surface area contributed by atoms with Crippen molar-refractivity contribution in [3.8, 4) is 0 Å². The highest BCUT2D eigenvalue weighted by Gasteiger charge is 2.38. The maximum atomic E-state index is 11.0. The zero-order chi connectivity index (χ0) is 13.4. The van der Waals surface area contributed by atoms with Crippen molar-refractivity contribution >= 4 is 17.3 Å². The van der Waals surface area contributed by atoms with E-state index in [9.17, 15) is 9.90 Å². The molecule has 2 rings (SSSR count). The lowest BCUT2D eigenvalue weighted by molar-refractivity contribution is -0.149. The summed E-state index contributed by atoms with van der Waals surface area (Å²) in [6.45, 7) is 4.29. The van der Waals surface area contributed by atoms with Crippen LogP contribution in [-0.2, 0) is 4.79 Å². The molecule has 18 heavy (non-hydrogen) atoms. The monoisotopic (exact) mass is 270 g/mol. The minimum atomic E-state index is -0.926. The standard InChI is InChI=1S/C12H18N2O3S/c1-6-11(18-7(2)13-6)9-4-10(15)8(12(16)17)5-14(9)3/h8-10,15H,4-5H2,1-3H3,(H,16,17). The first-order chi connectivity index (χ1) is 8.40. The first-order valence-corrected chi connectivity index (χ1v) is 6.76. The molecule has 1 fully saturated rings. The van der Waals surface area contributed by atoms with Gasteiger partial charge in [-0.3, -0.25) is 9.69 Å². The summed E-state index contributed by atoms with van der Waals surface area (Å²) in [6.07, 6.45) is -0.332. The maximum absolute atomic E-state index is 11.0. The molecule has 100 valence electrons. The molecule has 1 aliphatic rings. The van der Waals surface area contributed by atoms with Gasteiger partial charge in [-0.25, -0.2) is 4.98 Å². The lowest BCUT2D eigenvalue weighted by Gasteiger charge is -2.38. The molecule has 0 radical (unpaired) electrons. The van der Waals surface area contributed by atoms with E-state index in [-0.39, 0.29) is 6.04 Å². The molecular formula is C12H18N2O3S. The third kappa shape index (κ3) is 2.41. The summed E-state index contributed by atoms with van der Waals surface area (Å²) in [7, 11) is 1.90. The fraction of sp³-hybridized carbons (Fsp3) is 0.667. The minimum absolute atomic E-state index is 0.0711. The smallest absolute Gasteiger partial charge is 0.310 e. The zero-order valence-corrected chi connectivity index (χ0v) is 11.6. The van der Waals surface area contributed by atoms with Gasteiger partial charge in [-0.1, -0.05) is 0 Å². The third-order valence-electron chi connectivity index (χ3n) is 3.51. The summed E-state index contributed by atoms with van der Waals surface area (Å²) >= 11 is 1.62. The highest BCUT2D eigenvalue weighted by molar-refractivity contribution is 7.11. The first-order valence-electron chi connectivity index (χ1n) is 5.95. The Hall–Kier alpha value is -0.980. The summed E-state index contributed by atoms with van der Waals surface area (Å²) < 4.78 is 0. The molecule has 0 amide bonds. The molecule has 2 heterocycles. The van der Waals surface area contributed by atoms with Crippen molar-refractivity contribution in [2.24, 2.45) is 5.92 Å². The quantitative estimate of drug-likeness (QED) is 0.844. The molecule has 5 nitrogen and oxygen atoms in total. The van der Waals surface area contributed by atoms with E-state index in [4.69, 9.17) is 5.11 Å². The van der Waals surface area contributed by atoms with Crippen LogP contribution in [0.3, 0.4) is 0 Å². The predicted molar refractivity (Wildman–Crippen MR) is 68.7 cm³/mol. The number of aliphatic carboxylic acids is 1. The van der Waals surface area contributed by atoms with Crippen LogP contribution in [0.1, 0.15) is 28.0 Å². The van der Waals surface area contributed by atoms with Crippen molar-refractivity contribution in [3.05, 3.63) is 15.6 Å². The number of piperidine rings is 1. The highest BCUT2D eigenvalue weighted by atomic mass is 32.1. The number of aryl methyl sites for hydroxylation is 2. The molecule has 6 heteroatoms. The Morgan fingerprint density at radius 1 is 1.50 bits per heavy atom. The lowest BCUT2D eigenvalue weighted by atomic mass is 9.89. The molecule has 1 aromatic rings. The molecule has 1 aromatic heterocycles. The van der Waals surface area contributed by atoms with Crippen molar-refractivity contribution in [2.45, 2.75) is 32.4 Å². The van der Waals surface area contributed by atoms with Gasteiger partial charge in [0, 0.05) is 17.5 Å². The number of carbonyl (C=O) groups is 1. The Morgan fingerprint density at radius 2 is 2.17 bits per heavy atom. The SMILES string of the molecule is Cc1nc(C)c(C2CC(O)C(C(=O)O)CN2C)s1. The molecular weight excluding hydrogens is 252 g/mol. The van der Waals surface area contributed by atoms with Gasteiger partial charge in [0.25, 0.3) is 0 Å². The second-order valence-corrected chi connectivity index (χ2v) is 6.12. The Labute approximate surface area is 110 Å². The normalized spacial score (nSPS) is 29.4. The van der Waals surface area contributed by atoms with Crippen molar-refractivity contribution in [3.63, 3.8) is 0 Å². The largest absolute Gasteiger partial charge is 0.481 e. The number of aliphatic hydroxyl groups is 1. The van der Waals surface area contributed by atoms with Crippen LogP contribution in [0.4, 0.5) is 0 Å². The van der Waals surface area contributed by atoms with Gasteiger partial charge in [-0.2, -0.15) is 0 Å². The molecule has 3 atom stereocenters. The molecule has 2 N–H and O–H groups in total. The Balaban J connectivity index is 2.22. The van der Waals surface area contributed by atoms with Gasteiger partial charge in [-0.05, 0) is 27.3 Å². The number of hydrogen-bond acceptors (Lipinski definition) is 5. The van der Waals surface area contributed by atoms with Gasteiger partial charge in [-0.15, -0.1) is 11.3 Å². The van der Waals surface area contributed by atoms with E-state index in [2.05, 4.69) is 4.98 Å². The van der Waals surface area contributed by atoms with Crippen LogP contribution in [0.15, 0.2) is 0 Å². The van der Waals surface area contributed by atoms with E-state index in [0.717, 1.165) is 15.6 Å². The molecule has 3 unspecified atom stereocenters. The Kier molecular flexibility index (Phi) is 3.70. The van der Waals surface area contributed by atoms with E-state index in [0.29, 0.717) is 13.0 Å². The first kappa shape index (κ1) is 13.5. The number of likely N-dealkylation sites (tertiary alicyclic amines) is 1. The maximum Gasteiger partial charge on any atom is 0.310 e. The van der Waals surface area contributed by atoms with Crippen molar-refractivity contribution in [1.29, 1.82) is 0 Å². The van der Waals surface area contributed by atoms with E-state index in [1.54, 1.807) is 11.3 Å². The average molecular weight is 270 g/mol. The van der Waals surface area contributed by atoms with Crippen molar-refractivity contribution < 1.29 is 15.0 Å². The number of rotatable bonds is 2. The van der Waals surface area contributed by atoms with E-state index >= 15 is 0 Å². The number of hydrogen-bond donors (Lipinski definition) is 2. The number of aromatic nitrogens is 1. The minimum Gasteiger partial charge on any atom is -0.481 e. The second kappa shape index (κ2) is 4.95. The number of aliphatic hydroxyl groups excluding tert-OH is 1. The van der Waals surface area contributed by atoms with E-state index in [1.807, 2.05) is 25.8 Å². The lowest BCUT2D eigenvalue weighted by Crippen LogP contribution is -2.46. The molecule has 0 saturated carbocycles. The molecule has 0 aromatic carbocycles. The van der Waals surface area contributed by atoms with Gasteiger partial charge < -0.3 is 10.2 Å². The Morgan fingerprint density at radius 3 is 2.67 bits per heavy atom. The zero-order valence-electron chi connectivity index (χ0n) is 10.8. The molecule has 0 bridgehead atoms. The van der Waals surface area contributed by atoms with E-state index < -0.39 is 18.0 Å². The van der Waals surface area contributed by atoms with Gasteiger partial charge in [0.1, 0.15) is 0 Å². The number of nitrogens with zero attached hydrogens (tertiary/aromatic N) is 2. The number of thiazole rings is 1. The summed E-state index contributed by atoms with van der Waals surface area (Å²) in [6, 6.07) is 0.0711. The van der Waals surface area contributed by atoms with Gasteiger partial charge >= 0.3 is 5.97 Å². The molecule has 0 spiro atoms. The van der Waals surface area contributed by atoms with E-state index in [1.165, 1.54) is 0 Å². The number of carboxylic acid groups (broad SMARTS) is 1. The highest BCUT2D eigenvalue weighted by Crippen LogP contribution is 2.36. The van der Waals surface area contributed by atoms with Crippen LogP contribution in [-0.4, -0.2) is 45.8 Å². The topological polar surface area (TPSA) is 73.7 Å². The summed E-state index contributed by atoms with van der Waals surface area (Å²) in [5, 5.41) is 20.0. The van der Waals surface area contributed by atoms with Gasteiger partial charge in [0.2, 0.25) is 0 Å². The third-order valence-corrected chi connectivity index (χ3v) is 4.68. The fourth-order valence-electron chi connectivity index (χ4n) is 2.54. The van der Waals surface area contributed by atoms with Gasteiger partial charge in [0.15, 0.2) is 0 Å². The molecule has 1 saturated heterocycles. The average Bonchev–Trinajstić information content (AvgIpc) is 2.60. The predicted octanol–water partition coefficient (Wildman–Crippen LogP) is 1.20. The molecule has 0 aliphatic carbocycles. The van der Waals surface area contributed by atoms with Crippen LogP contribution in [0.25, 0.3) is 0 Å². The van der Waals surface area contributed by atoms with Crippen molar-refractivity contribution in [2.75, 3.05) is 13.6 Å². The summed E-state index contributed by atoms with van der Waals surface area (Å²) in [5.74, 6) is -1.62.